The monoisotopic (exact) mass is 513 g/mol. The minimum atomic E-state index is -4.63. The number of carbonyl (C=O) groups is 1. The molecule has 0 aromatic heterocycles. The smallest absolute Gasteiger partial charge is 0.371 e. The molecule has 0 bridgehead atoms. The van der Waals surface area contributed by atoms with Crippen LogP contribution in [0.4, 0.5) is 28.9 Å². The molecule has 190 valence electrons. The lowest BCUT2D eigenvalue weighted by molar-refractivity contribution is -0.137. The highest BCUT2D eigenvalue weighted by Gasteiger charge is 2.32. The molecular formula is C24H27F4N3O3S. The van der Waals surface area contributed by atoms with E-state index in [0.717, 1.165) is 50.7 Å². The topological polar surface area (TPSA) is 60.9 Å². The van der Waals surface area contributed by atoms with Gasteiger partial charge in [0.2, 0.25) is 0 Å². The molecule has 0 unspecified atom stereocenters. The van der Waals surface area contributed by atoms with Gasteiger partial charge in [-0.3, -0.25) is 4.79 Å². The Morgan fingerprint density at radius 2 is 1.43 bits per heavy atom. The Balaban J connectivity index is 1.54. The number of hydrogen-bond acceptors (Lipinski definition) is 5. The number of amides is 1. The number of benzene rings is 2. The van der Waals surface area contributed by atoms with Crippen molar-refractivity contribution in [3.63, 3.8) is 0 Å². The minimum Gasteiger partial charge on any atom is -0.371 e. The fourth-order valence-electron chi connectivity index (χ4n) is 4.59. The van der Waals surface area contributed by atoms with Gasteiger partial charge in [-0.2, -0.15) is 13.2 Å². The molecule has 4 rings (SSSR count). The van der Waals surface area contributed by atoms with Crippen molar-refractivity contribution in [1.82, 2.24) is 4.90 Å². The highest BCUT2D eigenvalue weighted by Crippen LogP contribution is 2.33. The third kappa shape index (κ3) is 5.55. The average Bonchev–Trinajstić information content (AvgIpc) is 2.83. The maximum absolute atomic E-state index is 14.4. The van der Waals surface area contributed by atoms with Gasteiger partial charge in [0.15, 0.2) is 9.84 Å². The van der Waals surface area contributed by atoms with Crippen LogP contribution in [-0.4, -0.2) is 64.7 Å². The molecule has 2 heterocycles. The van der Waals surface area contributed by atoms with Gasteiger partial charge >= 0.3 is 6.18 Å². The molecule has 11 heteroatoms. The van der Waals surface area contributed by atoms with Gasteiger partial charge < -0.3 is 14.7 Å². The Morgan fingerprint density at radius 3 is 2.00 bits per heavy atom. The third-order valence-corrected chi connectivity index (χ3v) is 7.62. The predicted octanol–water partition coefficient (Wildman–Crippen LogP) is 4.20. The maximum atomic E-state index is 14.4. The van der Waals surface area contributed by atoms with Crippen LogP contribution in [0.15, 0.2) is 41.3 Å². The van der Waals surface area contributed by atoms with Gasteiger partial charge in [0.1, 0.15) is 5.82 Å². The van der Waals surface area contributed by atoms with E-state index in [1.807, 2.05) is 0 Å². The number of nitrogens with zero attached hydrogens (tertiary/aromatic N) is 3. The summed E-state index contributed by atoms with van der Waals surface area (Å²) in [7, 11) is -3.52. The van der Waals surface area contributed by atoms with Crippen LogP contribution in [0.5, 0.6) is 0 Å². The van der Waals surface area contributed by atoms with Crippen molar-refractivity contribution in [1.29, 1.82) is 0 Å². The van der Waals surface area contributed by atoms with Crippen molar-refractivity contribution in [2.24, 2.45) is 0 Å². The predicted molar refractivity (Wildman–Crippen MR) is 125 cm³/mol. The summed E-state index contributed by atoms with van der Waals surface area (Å²) in [4.78, 5) is 18.8. The Hall–Kier alpha value is -2.82. The van der Waals surface area contributed by atoms with E-state index >= 15 is 0 Å². The molecule has 2 aromatic rings. The van der Waals surface area contributed by atoms with Crippen molar-refractivity contribution in [3.8, 4) is 0 Å². The molecule has 2 saturated heterocycles. The standard InChI is InChI=1S/C24H27F4N3O3S/c1-35(33,34)18-6-8-21(29-9-3-2-4-10-29)19(16-18)23(32)31-13-11-30(12-14-31)22-7-5-17(15-20(22)25)24(26,27)28/h5-8,15-16H,2-4,9-14H2,1H3. The van der Waals surface area contributed by atoms with Crippen LogP contribution in [0.3, 0.4) is 0 Å². The number of piperazine rings is 1. The lowest BCUT2D eigenvalue weighted by Crippen LogP contribution is -2.49. The SMILES string of the molecule is CS(=O)(=O)c1ccc(N2CCCCC2)c(C(=O)N2CCN(c3ccc(C(F)(F)F)cc3F)CC2)c1. The van der Waals surface area contributed by atoms with Gasteiger partial charge in [0.05, 0.1) is 21.7 Å². The second-order valence-corrected chi connectivity index (χ2v) is 11.0. The lowest BCUT2D eigenvalue weighted by Gasteiger charge is -2.37. The molecule has 2 aromatic carbocycles. The number of carbonyl (C=O) groups excluding carboxylic acids is 1. The van der Waals surface area contributed by atoms with E-state index in [1.54, 1.807) is 15.9 Å². The number of hydrogen-bond donors (Lipinski definition) is 0. The second kappa shape index (κ2) is 9.67. The van der Waals surface area contributed by atoms with E-state index in [2.05, 4.69) is 4.90 Å². The van der Waals surface area contributed by atoms with Gasteiger partial charge in [-0.05, 0) is 55.7 Å². The molecular weight excluding hydrogens is 486 g/mol. The molecule has 2 aliphatic rings. The van der Waals surface area contributed by atoms with E-state index in [1.165, 1.54) is 12.1 Å². The highest BCUT2D eigenvalue weighted by molar-refractivity contribution is 7.90. The molecule has 0 aliphatic carbocycles. The average molecular weight is 514 g/mol. The summed E-state index contributed by atoms with van der Waals surface area (Å²) in [6.45, 7) is 2.47. The molecule has 2 fully saturated rings. The third-order valence-electron chi connectivity index (χ3n) is 6.51. The molecule has 0 atom stereocenters. The number of piperidine rings is 1. The first-order valence-corrected chi connectivity index (χ1v) is 13.3. The summed E-state index contributed by atoms with van der Waals surface area (Å²) in [5.74, 6) is -1.28. The van der Waals surface area contributed by atoms with Crippen LogP contribution in [0, 0.1) is 5.82 Å². The van der Waals surface area contributed by atoms with Crippen LogP contribution < -0.4 is 9.80 Å². The summed E-state index contributed by atoms with van der Waals surface area (Å²) >= 11 is 0. The molecule has 1 amide bonds. The molecule has 0 saturated carbocycles. The zero-order chi connectivity index (χ0) is 25.4. The van der Waals surface area contributed by atoms with Crippen molar-refractivity contribution in [2.75, 3.05) is 55.3 Å². The van der Waals surface area contributed by atoms with Gasteiger partial charge in [-0.15, -0.1) is 0 Å². The summed E-state index contributed by atoms with van der Waals surface area (Å²) in [5, 5.41) is 0. The number of sulfone groups is 1. The summed E-state index contributed by atoms with van der Waals surface area (Å²) in [6, 6.07) is 7.05. The first kappa shape index (κ1) is 25.3. The fraction of sp³-hybridized carbons (Fsp3) is 0.458. The van der Waals surface area contributed by atoms with Crippen molar-refractivity contribution < 1.29 is 30.8 Å². The fourth-order valence-corrected chi connectivity index (χ4v) is 5.24. The van der Waals surface area contributed by atoms with Crippen molar-refractivity contribution >= 4 is 27.1 Å². The minimum absolute atomic E-state index is 0.0539. The van der Waals surface area contributed by atoms with Gasteiger partial charge in [0, 0.05) is 51.2 Å². The summed E-state index contributed by atoms with van der Waals surface area (Å²) in [6.07, 6.45) is -0.465. The first-order chi connectivity index (χ1) is 16.4. The van der Waals surface area contributed by atoms with Gasteiger partial charge in [-0.1, -0.05) is 0 Å². The van der Waals surface area contributed by atoms with Crippen LogP contribution in [0.1, 0.15) is 35.2 Å². The highest BCUT2D eigenvalue weighted by atomic mass is 32.2. The second-order valence-electron chi connectivity index (χ2n) is 8.94. The van der Waals surface area contributed by atoms with Gasteiger partial charge in [-0.25, -0.2) is 12.8 Å². The Labute approximate surface area is 202 Å². The molecule has 35 heavy (non-hydrogen) atoms. The molecule has 0 spiro atoms. The normalized spacial score (nSPS) is 17.6. The van der Waals surface area contributed by atoms with E-state index in [-0.39, 0.29) is 42.7 Å². The summed E-state index contributed by atoms with van der Waals surface area (Å²) in [5.41, 5.74) is 0.00374. The van der Waals surface area contributed by atoms with E-state index in [4.69, 9.17) is 0 Å². The molecule has 6 nitrogen and oxygen atoms in total. The molecule has 0 radical (unpaired) electrons. The van der Waals surface area contributed by atoms with Crippen LogP contribution >= 0.6 is 0 Å². The zero-order valence-electron chi connectivity index (χ0n) is 19.3. The maximum Gasteiger partial charge on any atom is 0.416 e. The van der Waals surface area contributed by atoms with Gasteiger partial charge in [0.25, 0.3) is 5.91 Å². The lowest BCUT2D eigenvalue weighted by atomic mass is 10.1. The number of halogens is 4. The quantitative estimate of drug-likeness (QED) is 0.574. The first-order valence-electron chi connectivity index (χ1n) is 11.5. The van der Waals surface area contributed by atoms with Crippen molar-refractivity contribution in [3.05, 3.63) is 53.3 Å². The Kier molecular flexibility index (Phi) is 6.99. The zero-order valence-corrected chi connectivity index (χ0v) is 20.1. The largest absolute Gasteiger partial charge is 0.416 e. The van der Waals surface area contributed by atoms with E-state index in [9.17, 15) is 30.8 Å². The number of rotatable bonds is 4. The Morgan fingerprint density at radius 1 is 0.829 bits per heavy atom. The van der Waals surface area contributed by atoms with E-state index in [0.29, 0.717) is 17.3 Å². The summed E-state index contributed by atoms with van der Waals surface area (Å²) < 4.78 is 77.2. The number of alkyl halides is 3. The number of anilines is 2. The van der Waals surface area contributed by atoms with E-state index < -0.39 is 27.4 Å². The molecule has 0 N–H and O–H groups in total. The van der Waals surface area contributed by atoms with Crippen LogP contribution in [0.25, 0.3) is 0 Å². The van der Waals surface area contributed by atoms with Crippen LogP contribution in [0.2, 0.25) is 0 Å². The molecule has 2 aliphatic heterocycles. The van der Waals surface area contributed by atoms with Crippen molar-refractivity contribution in [2.45, 2.75) is 30.3 Å². The van der Waals surface area contributed by atoms with Crippen LogP contribution in [-0.2, 0) is 16.0 Å². The Bertz CT molecular complexity index is 1200.